The van der Waals surface area contributed by atoms with Crippen molar-refractivity contribution in [3.05, 3.63) is 40.3 Å². The summed E-state index contributed by atoms with van der Waals surface area (Å²) in [7, 11) is 1.68. The van der Waals surface area contributed by atoms with E-state index in [0.29, 0.717) is 6.42 Å². The van der Waals surface area contributed by atoms with E-state index >= 15 is 0 Å². The minimum atomic E-state index is 0.174. The molecule has 6 heteroatoms. The lowest BCUT2D eigenvalue weighted by Gasteiger charge is -2.36. The lowest BCUT2D eigenvalue weighted by molar-refractivity contribution is -0.130. The Hall–Kier alpha value is -2.08. The normalized spacial score (nSPS) is 14.8. The Balaban J connectivity index is 1.55. The largest absolute Gasteiger partial charge is 0.497 e. The van der Waals surface area contributed by atoms with Crippen LogP contribution >= 0.6 is 11.3 Å². The maximum absolute atomic E-state index is 12.5. The van der Waals surface area contributed by atoms with Crippen molar-refractivity contribution < 1.29 is 9.53 Å². The van der Waals surface area contributed by atoms with E-state index in [9.17, 15) is 4.79 Å². The van der Waals surface area contributed by atoms with Gasteiger partial charge in [-0.25, -0.2) is 4.98 Å². The first-order valence-corrected chi connectivity index (χ1v) is 9.17. The number of ether oxygens (including phenoxy) is 1. The van der Waals surface area contributed by atoms with Gasteiger partial charge in [0.2, 0.25) is 5.91 Å². The van der Waals surface area contributed by atoms with Crippen LogP contribution in [0.3, 0.4) is 0 Å². The molecule has 1 aliphatic rings. The van der Waals surface area contributed by atoms with Gasteiger partial charge in [-0.2, -0.15) is 0 Å². The highest BCUT2D eigenvalue weighted by molar-refractivity contribution is 7.09. The standard InChI is InChI=1S/C18H23N3O2S/c1-3-17-19-14(13-24-17)11-18(22)21-9-7-20(8-10-21)15-5-4-6-16(12-15)23-2/h4-6,12-13H,3,7-11H2,1-2H3. The molecule has 0 atom stereocenters. The van der Waals surface area contributed by atoms with E-state index in [4.69, 9.17) is 4.74 Å². The molecule has 0 aliphatic carbocycles. The number of benzene rings is 1. The molecule has 24 heavy (non-hydrogen) atoms. The van der Waals surface area contributed by atoms with E-state index in [1.165, 1.54) is 0 Å². The van der Waals surface area contributed by atoms with Crippen LogP contribution in [0.15, 0.2) is 29.6 Å². The van der Waals surface area contributed by atoms with Gasteiger partial charge in [-0.15, -0.1) is 11.3 Å². The minimum Gasteiger partial charge on any atom is -0.497 e. The zero-order valence-electron chi connectivity index (χ0n) is 14.2. The molecule has 0 bridgehead atoms. The van der Waals surface area contributed by atoms with Crippen LogP contribution in [0.25, 0.3) is 0 Å². The Bertz CT molecular complexity index is 693. The smallest absolute Gasteiger partial charge is 0.228 e. The zero-order chi connectivity index (χ0) is 16.9. The summed E-state index contributed by atoms with van der Waals surface area (Å²) in [5, 5.41) is 3.10. The molecule has 1 aromatic carbocycles. The number of hydrogen-bond acceptors (Lipinski definition) is 5. The maximum Gasteiger partial charge on any atom is 0.228 e. The Labute approximate surface area is 146 Å². The van der Waals surface area contributed by atoms with Gasteiger partial charge < -0.3 is 14.5 Å². The number of carbonyl (C=O) groups is 1. The molecule has 2 heterocycles. The molecule has 2 aromatic rings. The van der Waals surface area contributed by atoms with Crippen molar-refractivity contribution in [2.45, 2.75) is 19.8 Å². The summed E-state index contributed by atoms with van der Waals surface area (Å²) in [6, 6.07) is 8.07. The number of methoxy groups -OCH3 is 1. The highest BCUT2D eigenvalue weighted by Gasteiger charge is 2.22. The molecule has 5 nitrogen and oxygen atoms in total. The summed E-state index contributed by atoms with van der Waals surface area (Å²) in [4.78, 5) is 21.2. The molecule has 0 N–H and O–H groups in total. The summed E-state index contributed by atoms with van der Waals surface area (Å²) >= 11 is 1.64. The van der Waals surface area contributed by atoms with E-state index in [0.717, 1.165) is 54.7 Å². The highest BCUT2D eigenvalue weighted by atomic mass is 32.1. The Morgan fingerprint density at radius 1 is 1.29 bits per heavy atom. The van der Waals surface area contributed by atoms with Gasteiger partial charge in [0.05, 0.1) is 24.2 Å². The summed E-state index contributed by atoms with van der Waals surface area (Å²) in [6.45, 7) is 5.27. The van der Waals surface area contributed by atoms with Gasteiger partial charge in [-0.1, -0.05) is 13.0 Å². The average Bonchev–Trinajstić information content (AvgIpc) is 3.09. The molecule has 1 fully saturated rings. The molecular formula is C18H23N3O2S. The summed E-state index contributed by atoms with van der Waals surface area (Å²) in [5.74, 6) is 1.04. The monoisotopic (exact) mass is 345 g/mol. The molecule has 1 aromatic heterocycles. The maximum atomic E-state index is 12.5. The highest BCUT2D eigenvalue weighted by Crippen LogP contribution is 2.22. The van der Waals surface area contributed by atoms with E-state index in [1.54, 1.807) is 18.4 Å². The number of aryl methyl sites for hydroxylation is 1. The van der Waals surface area contributed by atoms with Crippen LogP contribution in [-0.4, -0.2) is 49.1 Å². The quantitative estimate of drug-likeness (QED) is 0.836. The van der Waals surface area contributed by atoms with Crippen molar-refractivity contribution >= 4 is 22.9 Å². The number of rotatable bonds is 5. The molecule has 0 unspecified atom stereocenters. The first kappa shape index (κ1) is 16.8. The number of aromatic nitrogens is 1. The van der Waals surface area contributed by atoms with Gasteiger partial charge in [0.1, 0.15) is 5.75 Å². The zero-order valence-corrected chi connectivity index (χ0v) is 15.0. The molecule has 0 spiro atoms. The molecule has 0 radical (unpaired) electrons. The van der Waals surface area contributed by atoms with E-state index in [-0.39, 0.29) is 5.91 Å². The number of thiazole rings is 1. The summed E-state index contributed by atoms with van der Waals surface area (Å²) < 4.78 is 5.29. The average molecular weight is 345 g/mol. The van der Waals surface area contributed by atoms with Crippen molar-refractivity contribution in [2.24, 2.45) is 0 Å². The fraction of sp³-hybridized carbons (Fsp3) is 0.444. The summed E-state index contributed by atoms with van der Waals surface area (Å²) in [5.41, 5.74) is 2.05. The first-order valence-electron chi connectivity index (χ1n) is 8.29. The Kier molecular flexibility index (Phi) is 5.35. The van der Waals surface area contributed by atoms with E-state index in [2.05, 4.69) is 22.9 Å². The molecule has 128 valence electrons. The van der Waals surface area contributed by atoms with Gasteiger partial charge in [-0.3, -0.25) is 4.79 Å². The van der Waals surface area contributed by atoms with Crippen LogP contribution in [0.1, 0.15) is 17.6 Å². The number of hydrogen-bond donors (Lipinski definition) is 0. The number of amides is 1. The van der Waals surface area contributed by atoms with Crippen molar-refractivity contribution in [1.29, 1.82) is 0 Å². The topological polar surface area (TPSA) is 45.7 Å². The molecule has 0 saturated carbocycles. The van der Waals surface area contributed by atoms with Crippen molar-refractivity contribution in [3.8, 4) is 5.75 Å². The van der Waals surface area contributed by atoms with Gasteiger partial charge in [0.15, 0.2) is 0 Å². The third-order valence-electron chi connectivity index (χ3n) is 4.28. The van der Waals surface area contributed by atoms with Crippen LogP contribution in [0.4, 0.5) is 5.69 Å². The second kappa shape index (κ2) is 7.66. The van der Waals surface area contributed by atoms with Gasteiger partial charge in [0, 0.05) is 43.3 Å². The second-order valence-electron chi connectivity index (χ2n) is 5.83. The molecular weight excluding hydrogens is 322 g/mol. The molecule has 1 amide bonds. The van der Waals surface area contributed by atoms with Crippen molar-refractivity contribution in [3.63, 3.8) is 0 Å². The predicted molar refractivity (Wildman–Crippen MR) is 97.0 cm³/mol. The Morgan fingerprint density at radius 2 is 2.08 bits per heavy atom. The van der Waals surface area contributed by atoms with Crippen LogP contribution in [0, 0.1) is 0 Å². The van der Waals surface area contributed by atoms with E-state index < -0.39 is 0 Å². The fourth-order valence-corrected chi connectivity index (χ4v) is 3.63. The third-order valence-corrected chi connectivity index (χ3v) is 5.33. The molecule has 3 rings (SSSR count). The van der Waals surface area contributed by atoms with Gasteiger partial charge in [-0.05, 0) is 18.6 Å². The fourth-order valence-electron chi connectivity index (χ4n) is 2.88. The second-order valence-corrected chi connectivity index (χ2v) is 6.77. The molecule has 1 aliphatic heterocycles. The SMILES string of the molecule is CCc1nc(CC(=O)N2CCN(c3cccc(OC)c3)CC2)cs1. The Morgan fingerprint density at radius 3 is 2.75 bits per heavy atom. The van der Waals surface area contributed by atoms with Gasteiger partial charge >= 0.3 is 0 Å². The first-order chi connectivity index (χ1) is 11.7. The van der Waals surface area contributed by atoms with Crippen LogP contribution in [0.2, 0.25) is 0 Å². The lowest BCUT2D eigenvalue weighted by atomic mass is 10.2. The number of piperazine rings is 1. The molecule has 1 saturated heterocycles. The van der Waals surface area contributed by atoms with Crippen molar-refractivity contribution in [1.82, 2.24) is 9.88 Å². The van der Waals surface area contributed by atoms with Crippen LogP contribution in [-0.2, 0) is 17.6 Å². The number of anilines is 1. The summed E-state index contributed by atoms with van der Waals surface area (Å²) in [6.07, 6.45) is 1.34. The third kappa shape index (κ3) is 3.87. The van der Waals surface area contributed by atoms with Crippen molar-refractivity contribution in [2.75, 3.05) is 38.2 Å². The van der Waals surface area contributed by atoms with Gasteiger partial charge in [0.25, 0.3) is 0 Å². The van der Waals surface area contributed by atoms with Crippen LogP contribution in [0.5, 0.6) is 5.75 Å². The number of carbonyl (C=O) groups excluding carboxylic acids is 1. The minimum absolute atomic E-state index is 0.174. The lowest BCUT2D eigenvalue weighted by Crippen LogP contribution is -2.49. The number of nitrogens with zero attached hydrogens (tertiary/aromatic N) is 3. The predicted octanol–water partition coefficient (Wildman–Crippen LogP) is 2.61. The van der Waals surface area contributed by atoms with E-state index in [1.807, 2.05) is 28.5 Å². The van der Waals surface area contributed by atoms with Crippen LogP contribution < -0.4 is 9.64 Å².